The Morgan fingerprint density at radius 1 is 1.19 bits per heavy atom. The molecule has 3 rings (SSSR count). The van der Waals surface area contributed by atoms with Gasteiger partial charge in [0, 0.05) is 17.1 Å². The number of nitrogens with two attached hydrogens (primary N) is 1. The van der Waals surface area contributed by atoms with Gasteiger partial charge in [0.2, 0.25) is 6.79 Å². The van der Waals surface area contributed by atoms with Gasteiger partial charge in [-0.3, -0.25) is 4.79 Å². The monoisotopic (exact) mass is 348 g/mol. The number of hydrogen-bond donors (Lipinski definition) is 1. The number of amides is 1. The van der Waals surface area contributed by atoms with Crippen LogP contribution >= 0.6 is 15.9 Å². The summed E-state index contributed by atoms with van der Waals surface area (Å²) in [6.45, 7) is 0.183. The van der Waals surface area contributed by atoms with E-state index in [0.717, 1.165) is 4.47 Å². The third-order valence-corrected chi connectivity index (χ3v) is 3.77. The molecule has 21 heavy (non-hydrogen) atoms. The average molecular weight is 349 g/mol. The molecule has 0 unspecified atom stereocenters. The Balaban J connectivity index is 1.90. The van der Waals surface area contributed by atoms with Crippen LogP contribution in [0.3, 0.4) is 0 Å². The molecule has 2 aromatic carbocycles. The van der Waals surface area contributed by atoms with Crippen LogP contribution in [0, 0.1) is 0 Å². The number of hydrogen-bond acceptors (Lipinski definition) is 4. The number of carbonyl (C=O) groups is 1. The summed E-state index contributed by atoms with van der Waals surface area (Å²) >= 11 is 3.35. The Kier molecular flexibility index (Phi) is 3.47. The number of rotatable bonds is 2. The van der Waals surface area contributed by atoms with Gasteiger partial charge in [0.05, 0.1) is 11.4 Å². The smallest absolute Gasteiger partial charge is 0.258 e. The minimum Gasteiger partial charge on any atom is -0.454 e. The van der Waals surface area contributed by atoms with Crippen LogP contribution in [0.4, 0.5) is 11.4 Å². The van der Waals surface area contributed by atoms with Crippen molar-refractivity contribution in [2.24, 2.45) is 0 Å². The molecule has 0 fully saturated rings. The Bertz CT molecular complexity index is 718. The lowest BCUT2D eigenvalue weighted by Gasteiger charge is -2.19. The molecular formula is C15H13BrN2O3. The van der Waals surface area contributed by atoms with Gasteiger partial charge in [0.15, 0.2) is 11.5 Å². The highest BCUT2D eigenvalue weighted by atomic mass is 79.9. The van der Waals surface area contributed by atoms with Gasteiger partial charge in [-0.25, -0.2) is 0 Å². The first-order valence-corrected chi connectivity index (χ1v) is 7.08. The molecule has 2 aromatic rings. The zero-order valence-electron chi connectivity index (χ0n) is 11.3. The van der Waals surface area contributed by atoms with E-state index in [4.69, 9.17) is 15.2 Å². The van der Waals surface area contributed by atoms with E-state index in [1.165, 1.54) is 4.90 Å². The molecule has 1 heterocycles. The number of benzene rings is 2. The fourth-order valence-electron chi connectivity index (χ4n) is 2.16. The van der Waals surface area contributed by atoms with E-state index >= 15 is 0 Å². The Morgan fingerprint density at radius 3 is 2.71 bits per heavy atom. The topological polar surface area (TPSA) is 64.8 Å². The number of anilines is 2. The maximum Gasteiger partial charge on any atom is 0.258 e. The van der Waals surface area contributed by atoms with E-state index in [1.807, 2.05) is 6.07 Å². The van der Waals surface area contributed by atoms with Crippen molar-refractivity contribution in [2.45, 2.75) is 0 Å². The van der Waals surface area contributed by atoms with Gasteiger partial charge in [0.1, 0.15) is 0 Å². The maximum absolute atomic E-state index is 12.5. The molecule has 5 nitrogen and oxygen atoms in total. The van der Waals surface area contributed by atoms with Crippen LogP contribution in [-0.2, 0) is 0 Å². The molecule has 0 atom stereocenters. The molecule has 0 saturated heterocycles. The van der Waals surface area contributed by atoms with E-state index in [1.54, 1.807) is 37.4 Å². The maximum atomic E-state index is 12.5. The molecule has 1 amide bonds. The van der Waals surface area contributed by atoms with Crippen LogP contribution in [0.25, 0.3) is 0 Å². The van der Waals surface area contributed by atoms with Crippen molar-refractivity contribution < 1.29 is 14.3 Å². The summed E-state index contributed by atoms with van der Waals surface area (Å²) in [5.74, 6) is 1.07. The first kappa shape index (κ1) is 13.8. The molecular weight excluding hydrogens is 336 g/mol. The number of fused-ring (bicyclic) bond motifs is 1. The van der Waals surface area contributed by atoms with Crippen LogP contribution in [0.1, 0.15) is 10.4 Å². The second-order valence-corrected chi connectivity index (χ2v) is 5.55. The molecule has 6 heteroatoms. The van der Waals surface area contributed by atoms with Crippen LogP contribution in [0.15, 0.2) is 40.9 Å². The highest BCUT2D eigenvalue weighted by Crippen LogP contribution is 2.33. The van der Waals surface area contributed by atoms with Crippen LogP contribution in [0.2, 0.25) is 0 Å². The fourth-order valence-corrected chi connectivity index (χ4v) is 2.54. The van der Waals surface area contributed by atoms with Crippen molar-refractivity contribution in [3.05, 3.63) is 46.4 Å². The Morgan fingerprint density at radius 2 is 1.95 bits per heavy atom. The van der Waals surface area contributed by atoms with Gasteiger partial charge in [-0.05, 0) is 36.4 Å². The normalized spacial score (nSPS) is 12.3. The van der Waals surface area contributed by atoms with Crippen molar-refractivity contribution in [1.29, 1.82) is 0 Å². The first-order valence-electron chi connectivity index (χ1n) is 6.29. The third kappa shape index (κ3) is 2.54. The van der Waals surface area contributed by atoms with Crippen molar-refractivity contribution in [2.75, 3.05) is 24.5 Å². The summed E-state index contributed by atoms with van der Waals surface area (Å²) in [5, 5.41) is 0. The number of carbonyl (C=O) groups excluding carboxylic acids is 1. The molecule has 2 N–H and O–H groups in total. The molecule has 0 aromatic heterocycles. The number of nitrogens with zero attached hydrogens (tertiary/aromatic N) is 1. The minimum absolute atomic E-state index is 0.165. The van der Waals surface area contributed by atoms with E-state index in [-0.39, 0.29) is 12.7 Å². The first-order chi connectivity index (χ1) is 10.1. The van der Waals surface area contributed by atoms with Gasteiger partial charge in [-0.2, -0.15) is 0 Å². The zero-order valence-corrected chi connectivity index (χ0v) is 12.9. The number of nitrogen functional groups attached to an aromatic ring is 1. The molecule has 0 spiro atoms. The SMILES string of the molecule is CN(C(=O)c1ccc2c(c1)OCO2)c1ccc(Br)cc1N. The molecule has 0 aliphatic carbocycles. The minimum atomic E-state index is -0.165. The molecule has 0 bridgehead atoms. The van der Waals surface area contributed by atoms with Crippen LogP contribution in [0.5, 0.6) is 11.5 Å². The van der Waals surface area contributed by atoms with E-state index in [2.05, 4.69) is 15.9 Å². The second kappa shape index (κ2) is 5.29. The van der Waals surface area contributed by atoms with Gasteiger partial charge in [-0.1, -0.05) is 15.9 Å². The Hall–Kier alpha value is -2.21. The lowest BCUT2D eigenvalue weighted by Crippen LogP contribution is -2.27. The average Bonchev–Trinajstić information content (AvgIpc) is 2.93. The van der Waals surface area contributed by atoms with Gasteiger partial charge >= 0.3 is 0 Å². The predicted molar refractivity (Wildman–Crippen MR) is 83.9 cm³/mol. The standard InChI is InChI=1S/C15H13BrN2O3/c1-18(12-4-3-10(16)7-11(12)17)15(19)9-2-5-13-14(6-9)21-8-20-13/h2-7H,8,17H2,1H3. The van der Waals surface area contributed by atoms with Crippen molar-refractivity contribution >= 4 is 33.2 Å². The van der Waals surface area contributed by atoms with Crippen LogP contribution in [-0.4, -0.2) is 19.7 Å². The van der Waals surface area contributed by atoms with Gasteiger partial charge < -0.3 is 20.1 Å². The van der Waals surface area contributed by atoms with Crippen LogP contribution < -0.4 is 20.1 Å². The second-order valence-electron chi connectivity index (χ2n) is 4.64. The molecule has 0 radical (unpaired) electrons. The van der Waals surface area contributed by atoms with Crippen molar-refractivity contribution in [3.63, 3.8) is 0 Å². The summed E-state index contributed by atoms with van der Waals surface area (Å²) < 4.78 is 11.4. The fraction of sp³-hybridized carbons (Fsp3) is 0.133. The lowest BCUT2D eigenvalue weighted by atomic mass is 10.1. The highest BCUT2D eigenvalue weighted by molar-refractivity contribution is 9.10. The quantitative estimate of drug-likeness (QED) is 0.847. The zero-order chi connectivity index (χ0) is 15.0. The summed E-state index contributed by atoms with van der Waals surface area (Å²) in [4.78, 5) is 14.1. The van der Waals surface area contributed by atoms with E-state index < -0.39 is 0 Å². The summed E-state index contributed by atoms with van der Waals surface area (Å²) in [7, 11) is 1.69. The number of halogens is 1. The van der Waals surface area contributed by atoms with Crippen molar-refractivity contribution in [3.8, 4) is 11.5 Å². The predicted octanol–water partition coefficient (Wildman–Crippen LogP) is 3.04. The highest BCUT2D eigenvalue weighted by Gasteiger charge is 2.20. The largest absolute Gasteiger partial charge is 0.454 e. The molecule has 1 aliphatic rings. The molecule has 0 saturated carbocycles. The lowest BCUT2D eigenvalue weighted by molar-refractivity contribution is 0.0992. The molecule has 108 valence electrons. The van der Waals surface area contributed by atoms with Gasteiger partial charge in [0.25, 0.3) is 5.91 Å². The molecule has 1 aliphatic heterocycles. The van der Waals surface area contributed by atoms with Crippen molar-refractivity contribution in [1.82, 2.24) is 0 Å². The Labute approximate surface area is 130 Å². The summed E-state index contributed by atoms with van der Waals surface area (Å²) in [5.41, 5.74) is 7.66. The third-order valence-electron chi connectivity index (χ3n) is 3.28. The van der Waals surface area contributed by atoms with Gasteiger partial charge in [-0.15, -0.1) is 0 Å². The summed E-state index contributed by atoms with van der Waals surface area (Å²) in [6.07, 6.45) is 0. The summed E-state index contributed by atoms with van der Waals surface area (Å²) in [6, 6.07) is 10.5. The number of ether oxygens (including phenoxy) is 2. The van der Waals surface area contributed by atoms with E-state index in [9.17, 15) is 4.79 Å². The van der Waals surface area contributed by atoms with E-state index in [0.29, 0.717) is 28.4 Å².